The van der Waals surface area contributed by atoms with E-state index in [9.17, 15) is 14.9 Å². The van der Waals surface area contributed by atoms with E-state index in [-0.39, 0.29) is 22.4 Å². The third kappa shape index (κ3) is 5.07. The van der Waals surface area contributed by atoms with Crippen molar-refractivity contribution in [2.75, 3.05) is 31.1 Å². The maximum atomic E-state index is 13.6. The molecule has 1 atom stereocenters. The van der Waals surface area contributed by atoms with Crippen LogP contribution in [0.5, 0.6) is 0 Å². The average molecular weight is 497 g/mol. The number of carbonyl (C=O) groups is 1. The predicted octanol–water partition coefficient (Wildman–Crippen LogP) is 5.75. The number of rotatable bonds is 7. The highest BCUT2D eigenvalue weighted by Crippen LogP contribution is 2.35. The van der Waals surface area contributed by atoms with Crippen molar-refractivity contribution in [2.24, 2.45) is 0 Å². The van der Waals surface area contributed by atoms with Gasteiger partial charge < -0.3 is 14.4 Å². The van der Waals surface area contributed by atoms with Crippen LogP contribution in [0.1, 0.15) is 36.0 Å². The van der Waals surface area contributed by atoms with E-state index in [1.54, 1.807) is 12.1 Å². The number of aromatic nitrogens is 1. The normalized spacial score (nSPS) is 14.6. The Morgan fingerprint density at radius 3 is 2.27 bits per heavy atom. The summed E-state index contributed by atoms with van der Waals surface area (Å²) in [4.78, 5) is 28.3. The highest BCUT2D eigenvalue weighted by molar-refractivity contribution is 5.87. The third-order valence-corrected chi connectivity index (χ3v) is 7.45. The Labute approximate surface area is 217 Å². The minimum Gasteiger partial charge on any atom is -0.368 e. The Hall–Kier alpha value is -4.13. The van der Waals surface area contributed by atoms with Crippen LogP contribution in [0.2, 0.25) is 0 Å². The van der Waals surface area contributed by atoms with Crippen LogP contribution in [0, 0.1) is 17.0 Å². The maximum absolute atomic E-state index is 13.6. The summed E-state index contributed by atoms with van der Waals surface area (Å²) in [6, 6.07) is 23.6. The second-order valence-corrected chi connectivity index (χ2v) is 9.70. The lowest BCUT2D eigenvalue weighted by atomic mass is 9.87. The summed E-state index contributed by atoms with van der Waals surface area (Å²) in [5.41, 5.74) is 5.78. The van der Waals surface area contributed by atoms with Gasteiger partial charge in [-0.25, -0.2) is 0 Å². The summed E-state index contributed by atoms with van der Waals surface area (Å²) in [5.74, 6) is 0.126. The van der Waals surface area contributed by atoms with Gasteiger partial charge in [0.15, 0.2) is 0 Å². The van der Waals surface area contributed by atoms with Gasteiger partial charge in [-0.05, 0) is 43.2 Å². The monoisotopic (exact) mass is 496 g/mol. The van der Waals surface area contributed by atoms with Crippen molar-refractivity contribution >= 4 is 28.2 Å². The lowest BCUT2D eigenvalue weighted by Gasteiger charge is -2.36. The molecule has 1 fully saturated rings. The number of nitro groups is 1. The first kappa shape index (κ1) is 24.6. The summed E-state index contributed by atoms with van der Waals surface area (Å²) < 4.78 is 2.26. The van der Waals surface area contributed by atoms with Crippen LogP contribution in [-0.2, 0) is 11.3 Å². The van der Waals surface area contributed by atoms with Crippen molar-refractivity contribution in [1.29, 1.82) is 0 Å². The molecule has 2 heterocycles. The first-order chi connectivity index (χ1) is 17.9. The van der Waals surface area contributed by atoms with Crippen LogP contribution in [0.3, 0.4) is 0 Å². The Bertz CT molecular complexity index is 1400. The summed E-state index contributed by atoms with van der Waals surface area (Å²) in [6.45, 7) is 7.77. The molecular formula is C30H32N4O3. The smallest absolute Gasteiger partial charge is 0.269 e. The Kier molecular flexibility index (Phi) is 6.95. The molecule has 3 aromatic carbocycles. The lowest BCUT2D eigenvalue weighted by Crippen LogP contribution is -2.49. The molecule has 7 nitrogen and oxygen atoms in total. The quantitative estimate of drug-likeness (QED) is 0.241. The largest absolute Gasteiger partial charge is 0.368 e. The van der Waals surface area contributed by atoms with Crippen molar-refractivity contribution in [2.45, 2.75) is 32.7 Å². The molecule has 1 aliphatic heterocycles. The summed E-state index contributed by atoms with van der Waals surface area (Å²) in [7, 11) is 0. The van der Waals surface area contributed by atoms with E-state index in [4.69, 9.17) is 0 Å². The Morgan fingerprint density at radius 2 is 1.62 bits per heavy atom. The summed E-state index contributed by atoms with van der Waals surface area (Å²) in [6.07, 6.45) is 2.63. The number of para-hydroxylation sites is 1. The van der Waals surface area contributed by atoms with E-state index >= 15 is 0 Å². The first-order valence-electron chi connectivity index (χ1n) is 12.9. The molecule has 0 radical (unpaired) electrons. The molecule has 0 N–H and O–H groups in total. The minimum absolute atomic E-state index is 0.0292. The van der Waals surface area contributed by atoms with Gasteiger partial charge >= 0.3 is 0 Å². The van der Waals surface area contributed by atoms with Crippen LogP contribution in [-0.4, -0.2) is 46.5 Å². The number of aryl methyl sites for hydroxylation is 2. The highest BCUT2D eigenvalue weighted by Gasteiger charge is 2.27. The number of fused-ring (bicyclic) bond motifs is 1. The molecule has 0 spiro atoms. The van der Waals surface area contributed by atoms with E-state index in [2.05, 4.69) is 78.0 Å². The van der Waals surface area contributed by atoms with Crippen molar-refractivity contribution < 1.29 is 9.72 Å². The molecule has 0 saturated carbocycles. The maximum Gasteiger partial charge on any atom is 0.269 e. The first-order valence-corrected chi connectivity index (χ1v) is 12.9. The molecule has 190 valence electrons. The molecule has 37 heavy (non-hydrogen) atoms. The number of piperazine rings is 1. The van der Waals surface area contributed by atoms with E-state index < -0.39 is 0 Å². The number of nitrogens with zero attached hydrogens (tertiary/aromatic N) is 4. The zero-order valence-electron chi connectivity index (χ0n) is 21.3. The van der Waals surface area contributed by atoms with Gasteiger partial charge in [0, 0.05) is 80.0 Å². The zero-order valence-corrected chi connectivity index (χ0v) is 21.3. The number of carbonyl (C=O) groups excluding carboxylic acids is 1. The van der Waals surface area contributed by atoms with Gasteiger partial charge in [0.2, 0.25) is 5.91 Å². The van der Waals surface area contributed by atoms with Gasteiger partial charge in [0.05, 0.1) is 4.92 Å². The van der Waals surface area contributed by atoms with E-state index in [0.717, 1.165) is 17.8 Å². The molecule has 5 rings (SSSR count). The molecule has 0 bridgehead atoms. The number of hydrogen-bond acceptors (Lipinski definition) is 4. The zero-order chi connectivity index (χ0) is 25.9. The molecule has 1 unspecified atom stereocenters. The van der Waals surface area contributed by atoms with Gasteiger partial charge in [-0.2, -0.15) is 0 Å². The fraction of sp³-hybridized carbons (Fsp3) is 0.300. The number of nitro benzene ring substituents is 1. The van der Waals surface area contributed by atoms with E-state index in [1.165, 1.54) is 34.2 Å². The topological polar surface area (TPSA) is 71.6 Å². The number of non-ortho nitro benzene ring substituents is 1. The highest BCUT2D eigenvalue weighted by atomic mass is 16.6. The van der Waals surface area contributed by atoms with Gasteiger partial charge in [-0.1, -0.05) is 48.0 Å². The van der Waals surface area contributed by atoms with Gasteiger partial charge in [0.25, 0.3) is 5.69 Å². The van der Waals surface area contributed by atoms with Crippen LogP contribution in [0.25, 0.3) is 10.9 Å². The van der Waals surface area contributed by atoms with Gasteiger partial charge in [0.1, 0.15) is 0 Å². The fourth-order valence-electron chi connectivity index (χ4n) is 5.32. The van der Waals surface area contributed by atoms with Crippen LogP contribution >= 0.6 is 0 Å². The predicted molar refractivity (Wildman–Crippen MR) is 147 cm³/mol. The van der Waals surface area contributed by atoms with Crippen LogP contribution in [0.15, 0.2) is 79.0 Å². The molecule has 1 amide bonds. The molecular weight excluding hydrogens is 464 g/mol. The number of amides is 1. The average Bonchev–Trinajstić information content (AvgIpc) is 3.31. The second-order valence-electron chi connectivity index (χ2n) is 9.70. The molecule has 1 saturated heterocycles. The molecule has 1 aromatic heterocycles. The molecule has 1 aliphatic rings. The van der Waals surface area contributed by atoms with Gasteiger partial charge in [-0.3, -0.25) is 14.9 Å². The Morgan fingerprint density at radius 1 is 0.946 bits per heavy atom. The fourth-order valence-corrected chi connectivity index (χ4v) is 5.32. The molecule has 7 heteroatoms. The van der Waals surface area contributed by atoms with Crippen molar-refractivity contribution in [3.63, 3.8) is 0 Å². The van der Waals surface area contributed by atoms with Crippen molar-refractivity contribution in [3.05, 3.63) is 106 Å². The van der Waals surface area contributed by atoms with Gasteiger partial charge in [-0.15, -0.1) is 0 Å². The third-order valence-electron chi connectivity index (χ3n) is 7.45. The number of hydrogen-bond donors (Lipinski definition) is 0. The van der Waals surface area contributed by atoms with Crippen molar-refractivity contribution in [1.82, 2.24) is 9.47 Å². The van der Waals surface area contributed by atoms with E-state index in [1.807, 2.05) is 4.90 Å². The minimum atomic E-state index is -0.386. The number of anilines is 1. The Balaban J connectivity index is 1.35. The second kappa shape index (κ2) is 10.5. The van der Waals surface area contributed by atoms with E-state index in [0.29, 0.717) is 32.6 Å². The standard InChI is InChI=1S/C30H32N4O3/c1-3-31-21-28(26-6-4-5-7-29(26)31)27(23-10-8-22(2)9-11-23)20-30(35)33-18-16-32(17-19-33)24-12-14-25(15-13-24)34(36)37/h4-15,21,27H,3,16-20H2,1-2H3. The summed E-state index contributed by atoms with van der Waals surface area (Å²) >= 11 is 0. The molecule has 0 aliphatic carbocycles. The molecule has 4 aromatic rings. The van der Waals surface area contributed by atoms with Crippen LogP contribution < -0.4 is 4.90 Å². The number of benzene rings is 3. The van der Waals surface area contributed by atoms with Crippen molar-refractivity contribution in [3.8, 4) is 0 Å². The SMILES string of the molecule is CCn1cc(C(CC(=O)N2CCN(c3ccc([N+](=O)[O-])cc3)CC2)c2ccc(C)cc2)c2ccccc21. The lowest BCUT2D eigenvalue weighted by molar-refractivity contribution is -0.384. The summed E-state index contributed by atoms with van der Waals surface area (Å²) in [5, 5.41) is 12.2. The van der Waals surface area contributed by atoms with Crippen LogP contribution in [0.4, 0.5) is 11.4 Å².